The predicted octanol–water partition coefficient (Wildman–Crippen LogP) is 3.07. The van der Waals surface area contributed by atoms with Crippen molar-refractivity contribution in [1.82, 2.24) is 0 Å². The van der Waals surface area contributed by atoms with Gasteiger partial charge in [0, 0.05) is 25.2 Å². The third-order valence-electron chi connectivity index (χ3n) is 5.39. The Morgan fingerprint density at radius 2 is 0.881 bits per heavy atom. The molecule has 0 fully saturated rings. The van der Waals surface area contributed by atoms with Crippen molar-refractivity contribution < 1.29 is 39.0 Å². The first-order chi connectivity index (χ1) is 20.0. The lowest BCUT2D eigenvalue weighted by atomic mass is 10.2. The zero-order chi connectivity index (χ0) is 30.8. The summed E-state index contributed by atoms with van der Waals surface area (Å²) >= 11 is 0. The summed E-state index contributed by atoms with van der Waals surface area (Å²) in [7, 11) is 0. The second kappa shape index (κ2) is 13.7. The summed E-state index contributed by atoms with van der Waals surface area (Å²) in [5, 5.41) is 31.1. The molecule has 14 heteroatoms. The van der Waals surface area contributed by atoms with Gasteiger partial charge < -0.3 is 20.8 Å². The van der Waals surface area contributed by atoms with Gasteiger partial charge in [0.2, 0.25) is 0 Å². The van der Waals surface area contributed by atoms with Gasteiger partial charge in [-0.15, -0.1) is 0 Å². The fourth-order valence-corrected chi connectivity index (χ4v) is 3.36. The SMILES string of the molecule is CC(=O)/C(=N/Nc1ccccc1C(=O)O)C(=O)Nc1ccc(NC(=O)/C(=N\Nc2ccccc2C(=O)O)C(C)=O)cc1. The molecule has 14 nitrogen and oxygen atoms in total. The molecule has 0 aliphatic rings. The lowest BCUT2D eigenvalue weighted by molar-refractivity contribution is -0.116. The van der Waals surface area contributed by atoms with Gasteiger partial charge in [-0.1, -0.05) is 24.3 Å². The molecule has 0 heterocycles. The first-order valence-corrected chi connectivity index (χ1v) is 12.0. The maximum Gasteiger partial charge on any atom is 0.337 e. The second-order valence-electron chi connectivity index (χ2n) is 8.44. The van der Waals surface area contributed by atoms with Crippen molar-refractivity contribution in [1.29, 1.82) is 0 Å². The van der Waals surface area contributed by atoms with Crippen LogP contribution in [0.25, 0.3) is 0 Å². The highest BCUT2D eigenvalue weighted by Gasteiger charge is 2.20. The van der Waals surface area contributed by atoms with E-state index >= 15 is 0 Å². The van der Waals surface area contributed by atoms with Gasteiger partial charge in [-0.05, 0) is 48.5 Å². The van der Waals surface area contributed by atoms with Crippen molar-refractivity contribution in [3.05, 3.63) is 83.9 Å². The number of nitrogens with one attached hydrogen (secondary N) is 4. The summed E-state index contributed by atoms with van der Waals surface area (Å²) < 4.78 is 0. The van der Waals surface area contributed by atoms with Gasteiger partial charge in [-0.2, -0.15) is 10.2 Å². The van der Waals surface area contributed by atoms with Crippen LogP contribution in [0.2, 0.25) is 0 Å². The third-order valence-corrected chi connectivity index (χ3v) is 5.39. The van der Waals surface area contributed by atoms with Crippen LogP contribution < -0.4 is 21.5 Å². The minimum Gasteiger partial charge on any atom is -0.478 e. The van der Waals surface area contributed by atoms with Gasteiger partial charge in [0.25, 0.3) is 11.8 Å². The van der Waals surface area contributed by atoms with E-state index in [1.807, 2.05) is 0 Å². The number of ketones is 2. The van der Waals surface area contributed by atoms with Crippen LogP contribution in [0.15, 0.2) is 83.0 Å². The number of anilines is 4. The van der Waals surface area contributed by atoms with Crippen LogP contribution in [-0.4, -0.2) is 57.0 Å². The smallest absolute Gasteiger partial charge is 0.337 e. The van der Waals surface area contributed by atoms with Crippen LogP contribution in [0.1, 0.15) is 34.6 Å². The normalized spacial score (nSPS) is 11.2. The molecule has 0 saturated carbocycles. The van der Waals surface area contributed by atoms with E-state index in [0.29, 0.717) is 0 Å². The van der Waals surface area contributed by atoms with Gasteiger partial charge in [-0.3, -0.25) is 30.0 Å². The molecule has 0 bridgehead atoms. The highest BCUT2D eigenvalue weighted by Crippen LogP contribution is 2.17. The van der Waals surface area contributed by atoms with Gasteiger partial charge in [0.05, 0.1) is 22.5 Å². The number of aromatic carboxylic acids is 2. The number of amides is 2. The molecule has 0 unspecified atom stereocenters. The summed E-state index contributed by atoms with van der Waals surface area (Å²) in [5.74, 6) is -5.58. The molecule has 0 saturated heterocycles. The predicted molar refractivity (Wildman–Crippen MR) is 154 cm³/mol. The molecule has 42 heavy (non-hydrogen) atoms. The first-order valence-electron chi connectivity index (χ1n) is 12.0. The maximum atomic E-state index is 12.7. The summed E-state index contributed by atoms with van der Waals surface area (Å²) in [6.07, 6.45) is 0. The quantitative estimate of drug-likeness (QED) is 0.106. The van der Waals surface area contributed by atoms with Crippen molar-refractivity contribution in [2.24, 2.45) is 10.2 Å². The van der Waals surface area contributed by atoms with E-state index in [0.717, 1.165) is 13.8 Å². The van der Waals surface area contributed by atoms with Crippen LogP contribution in [-0.2, 0) is 19.2 Å². The van der Waals surface area contributed by atoms with Gasteiger partial charge in [0.15, 0.2) is 23.0 Å². The largest absolute Gasteiger partial charge is 0.478 e. The molecule has 0 spiro atoms. The fourth-order valence-electron chi connectivity index (χ4n) is 3.36. The topological polar surface area (TPSA) is 216 Å². The Bertz CT molecular complexity index is 1510. The summed E-state index contributed by atoms with van der Waals surface area (Å²) in [6, 6.07) is 17.2. The van der Waals surface area contributed by atoms with E-state index in [4.69, 9.17) is 0 Å². The number of hydrogen-bond acceptors (Lipinski definition) is 10. The number of carboxylic acid groups (broad SMARTS) is 2. The van der Waals surface area contributed by atoms with Gasteiger partial charge in [-0.25, -0.2) is 9.59 Å². The van der Waals surface area contributed by atoms with E-state index in [2.05, 4.69) is 31.7 Å². The molecule has 3 aromatic carbocycles. The standard InChI is InChI=1S/C28H24N6O8/c1-15(35)23(33-31-21-9-5-3-7-19(21)27(39)40)25(37)29-17-11-13-18(14-12-17)30-26(38)24(16(2)36)34-32-22-10-6-4-8-20(22)28(41)42/h3-14,31-32H,1-2H3,(H,29,37)(H,30,38)(H,39,40)(H,41,42)/b33-23-,34-24-. The molecule has 0 atom stereocenters. The Kier molecular flexibility index (Phi) is 9.94. The summed E-state index contributed by atoms with van der Waals surface area (Å²) in [6.45, 7) is 2.23. The second-order valence-corrected chi connectivity index (χ2v) is 8.44. The van der Waals surface area contributed by atoms with E-state index in [-0.39, 0.29) is 33.9 Å². The highest BCUT2D eigenvalue weighted by atomic mass is 16.4. The van der Waals surface area contributed by atoms with Crippen LogP contribution in [0.5, 0.6) is 0 Å². The van der Waals surface area contributed by atoms with Gasteiger partial charge in [0.1, 0.15) is 0 Å². The lowest BCUT2D eigenvalue weighted by Gasteiger charge is -2.10. The Morgan fingerprint density at radius 1 is 0.548 bits per heavy atom. The number of para-hydroxylation sites is 2. The monoisotopic (exact) mass is 572 g/mol. The Labute approximate surface area is 238 Å². The highest BCUT2D eigenvalue weighted by molar-refractivity contribution is 6.67. The van der Waals surface area contributed by atoms with Crippen molar-refractivity contribution in [2.75, 3.05) is 21.5 Å². The molecule has 0 aromatic heterocycles. The average molecular weight is 573 g/mol. The van der Waals surface area contributed by atoms with Crippen molar-refractivity contribution in [3.8, 4) is 0 Å². The third kappa shape index (κ3) is 7.92. The number of rotatable bonds is 12. The Balaban J connectivity index is 1.69. The molecule has 3 rings (SSSR count). The van der Waals surface area contributed by atoms with Crippen molar-refractivity contribution >= 4 is 69.5 Å². The van der Waals surface area contributed by atoms with Crippen molar-refractivity contribution in [2.45, 2.75) is 13.8 Å². The van der Waals surface area contributed by atoms with Crippen LogP contribution in [0.4, 0.5) is 22.7 Å². The molecule has 3 aromatic rings. The zero-order valence-corrected chi connectivity index (χ0v) is 22.2. The minimum absolute atomic E-state index is 0.0754. The minimum atomic E-state index is -1.23. The zero-order valence-electron chi connectivity index (χ0n) is 22.2. The fraction of sp³-hybridized carbons (Fsp3) is 0.0714. The number of hydrogen-bond donors (Lipinski definition) is 6. The number of Topliss-reactive ketones (excluding diaryl/α,β-unsaturated/α-hetero) is 2. The Hall–Kier alpha value is -6.18. The number of benzene rings is 3. The molecule has 6 N–H and O–H groups in total. The number of hydrazone groups is 2. The van der Waals surface area contributed by atoms with E-state index in [9.17, 15) is 39.0 Å². The number of carboxylic acids is 2. The number of carbonyl (C=O) groups is 6. The van der Waals surface area contributed by atoms with Crippen LogP contribution in [0, 0.1) is 0 Å². The summed E-state index contributed by atoms with van der Waals surface area (Å²) in [4.78, 5) is 72.2. The number of carbonyl (C=O) groups excluding carboxylic acids is 4. The molecule has 2 amide bonds. The van der Waals surface area contributed by atoms with Crippen molar-refractivity contribution in [3.63, 3.8) is 0 Å². The van der Waals surface area contributed by atoms with Gasteiger partial charge >= 0.3 is 11.9 Å². The van der Waals surface area contributed by atoms with Crippen LogP contribution in [0.3, 0.4) is 0 Å². The molecule has 214 valence electrons. The number of nitrogens with zero attached hydrogens (tertiary/aromatic N) is 2. The first kappa shape index (κ1) is 30.4. The summed E-state index contributed by atoms with van der Waals surface area (Å²) in [5.41, 5.74) is 4.20. The molecular weight excluding hydrogens is 548 g/mol. The Morgan fingerprint density at radius 3 is 1.19 bits per heavy atom. The lowest BCUT2D eigenvalue weighted by Crippen LogP contribution is -2.30. The molecular formula is C28H24N6O8. The molecule has 0 aliphatic carbocycles. The van der Waals surface area contributed by atoms with E-state index in [1.165, 1.54) is 60.7 Å². The average Bonchev–Trinajstić information content (AvgIpc) is 2.94. The molecule has 0 aliphatic heterocycles. The van der Waals surface area contributed by atoms with E-state index in [1.54, 1.807) is 12.1 Å². The maximum absolute atomic E-state index is 12.7. The molecule has 0 radical (unpaired) electrons. The van der Waals surface area contributed by atoms with E-state index < -0.39 is 46.7 Å². The van der Waals surface area contributed by atoms with Crippen LogP contribution >= 0.6 is 0 Å².